The summed E-state index contributed by atoms with van der Waals surface area (Å²) < 4.78 is 0. The van der Waals surface area contributed by atoms with E-state index in [2.05, 4.69) is 10.6 Å². The van der Waals surface area contributed by atoms with Crippen LogP contribution in [0.4, 0.5) is 5.69 Å². The van der Waals surface area contributed by atoms with Gasteiger partial charge < -0.3 is 10.6 Å². The van der Waals surface area contributed by atoms with Gasteiger partial charge in [-0.3, -0.25) is 14.4 Å². The molecule has 6 heteroatoms. The molecule has 0 fully saturated rings. The Hall–Kier alpha value is -3.25. The maximum Gasteiger partial charge on any atom is 0.313 e. The lowest BCUT2D eigenvalue weighted by Crippen LogP contribution is -2.34. The summed E-state index contributed by atoms with van der Waals surface area (Å²) in [5.74, 6) is -1.51. The number of rotatable bonds is 5. The van der Waals surface area contributed by atoms with E-state index in [9.17, 15) is 14.4 Å². The van der Waals surface area contributed by atoms with Crippen molar-refractivity contribution in [2.45, 2.75) is 13.5 Å². The van der Waals surface area contributed by atoms with Crippen molar-refractivity contribution < 1.29 is 14.4 Å². The molecule has 0 aliphatic carbocycles. The Bertz CT molecular complexity index is 980. The van der Waals surface area contributed by atoms with Crippen LogP contribution in [0, 0.1) is 6.92 Å². The van der Waals surface area contributed by atoms with Crippen molar-refractivity contribution in [1.82, 2.24) is 5.32 Å². The molecule has 0 radical (unpaired) electrons. The van der Waals surface area contributed by atoms with Crippen LogP contribution in [0.15, 0.2) is 66.7 Å². The van der Waals surface area contributed by atoms with Crippen LogP contribution >= 0.6 is 11.3 Å². The second kappa shape index (κ2) is 8.42. The van der Waals surface area contributed by atoms with Crippen molar-refractivity contribution in [1.29, 1.82) is 0 Å². The fourth-order valence-corrected chi connectivity index (χ4v) is 3.39. The van der Waals surface area contributed by atoms with Gasteiger partial charge in [0.05, 0.1) is 11.4 Å². The molecule has 0 atom stereocenters. The molecule has 0 unspecified atom stereocenters. The van der Waals surface area contributed by atoms with Crippen LogP contribution in [-0.2, 0) is 16.1 Å². The van der Waals surface area contributed by atoms with E-state index in [1.165, 1.54) is 11.3 Å². The quantitative estimate of drug-likeness (QED) is 0.527. The van der Waals surface area contributed by atoms with Gasteiger partial charge in [0.2, 0.25) is 5.78 Å². The molecule has 136 valence electrons. The lowest BCUT2D eigenvalue weighted by molar-refractivity contribution is -0.136. The lowest BCUT2D eigenvalue weighted by atomic mass is 10.1. The van der Waals surface area contributed by atoms with Crippen LogP contribution in [0.25, 0.3) is 0 Å². The maximum atomic E-state index is 12.4. The average Bonchev–Trinajstić information content (AvgIpc) is 3.15. The van der Waals surface area contributed by atoms with Gasteiger partial charge in [0, 0.05) is 16.1 Å². The predicted octanol–water partition coefficient (Wildman–Crippen LogP) is 3.54. The monoisotopic (exact) mass is 378 g/mol. The zero-order valence-corrected chi connectivity index (χ0v) is 15.5. The SMILES string of the molecule is Cc1cccc(NC(=O)C(=O)NCc2ccc(C(=O)c3ccccc3)s2)c1. The van der Waals surface area contributed by atoms with Gasteiger partial charge in [0.25, 0.3) is 0 Å². The first-order valence-electron chi connectivity index (χ1n) is 8.37. The molecule has 5 nitrogen and oxygen atoms in total. The van der Waals surface area contributed by atoms with Crippen LogP contribution in [0.5, 0.6) is 0 Å². The minimum absolute atomic E-state index is 0.0598. The zero-order valence-electron chi connectivity index (χ0n) is 14.7. The first kappa shape index (κ1) is 18.5. The number of hydrogen-bond donors (Lipinski definition) is 2. The third kappa shape index (κ3) is 4.89. The highest BCUT2D eigenvalue weighted by Crippen LogP contribution is 2.20. The van der Waals surface area contributed by atoms with Crippen molar-refractivity contribution in [3.8, 4) is 0 Å². The Balaban J connectivity index is 1.55. The minimum Gasteiger partial charge on any atom is -0.343 e. The number of aryl methyl sites for hydroxylation is 1. The largest absolute Gasteiger partial charge is 0.343 e. The third-order valence-electron chi connectivity index (χ3n) is 3.83. The smallest absolute Gasteiger partial charge is 0.313 e. The molecule has 3 aromatic rings. The van der Waals surface area contributed by atoms with Crippen LogP contribution in [0.2, 0.25) is 0 Å². The highest BCUT2D eigenvalue weighted by molar-refractivity contribution is 7.14. The number of thiophene rings is 1. The molecule has 0 bridgehead atoms. The van der Waals surface area contributed by atoms with Crippen LogP contribution < -0.4 is 10.6 Å². The number of ketones is 1. The van der Waals surface area contributed by atoms with Crippen molar-refractivity contribution in [3.05, 3.63) is 87.6 Å². The van der Waals surface area contributed by atoms with Crippen LogP contribution in [-0.4, -0.2) is 17.6 Å². The van der Waals surface area contributed by atoms with Gasteiger partial charge in [-0.2, -0.15) is 0 Å². The molecule has 2 aromatic carbocycles. The number of anilines is 1. The van der Waals surface area contributed by atoms with Gasteiger partial charge in [0.1, 0.15) is 0 Å². The van der Waals surface area contributed by atoms with Crippen molar-refractivity contribution in [2.24, 2.45) is 0 Å². The standard InChI is InChI=1S/C21H18N2O3S/c1-14-6-5-9-16(12-14)23-21(26)20(25)22-13-17-10-11-18(27-17)19(24)15-7-3-2-4-8-15/h2-12H,13H2,1H3,(H,22,25)(H,23,26). The van der Waals surface area contributed by atoms with Crippen LogP contribution in [0.3, 0.4) is 0 Å². The lowest BCUT2D eigenvalue weighted by Gasteiger charge is -2.06. The van der Waals surface area contributed by atoms with E-state index in [-0.39, 0.29) is 12.3 Å². The molecule has 0 saturated carbocycles. The molecule has 2 N–H and O–H groups in total. The Labute approximate surface area is 161 Å². The molecule has 0 saturated heterocycles. The molecular formula is C21H18N2O3S. The van der Waals surface area contributed by atoms with E-state index in [1.807, 2.05) is 31.2 Å². The molecule has 1 heterocycles. The normalized spacial score (nSPS) is 10.3. The second-order valence-corrected chi connectivity index (χ2v) is 7.14. The molecular weight excluding hydrogens is 360 g/mol. The maximum absolute atomic E-state index is 12.4. The number of carbonyl (C=O) groups excluding carboxylic acids is 3. The summed E-state index contributed by atoms with van der Waals surface area (Å²) in [4.78, 5) is 37.7. The topological polar surface area (TPSA) is 75.3 Å². The third-order valence-corrected chi connectivity index (χ3v) is 4.91. The molecule has 0 spiro atoms. The highest BCUT2D eigenvalue weighted by Gasteiger charge is 2.15. The summed E-state index contributed by atoms with van der Waals surface area (Å²) in [5.41, 5.74) is 2.18. The van der Waals surface area contributed by atoms with Crippen molar-refractivity contribution in [3.63, 3.8) is 0 Å². The Kier molecular flexibility index (Phi) is 5.78. The summed E-state index contributed by atoms with van der Waals surface area (Å²) >= 11 is 1.30. The molecule has 3 rings (SSSR count). The van der Waals surface area contributed by atoms with E-state index in [0.29, 0.717) is 16.1 Å². The van der Waals surface area contributed by atoms with Gasteiger partial charge in [0.15, 0.2) is 0 Å². The summed E-state index contributed by atoms with van der Waals surface area (Å²) in [6.45, 7) is 2.09. The molecule has 0 aliphatic heterocycles. The summed E-state index contributed by atoms with van der Waals surface area (Å²) in [6, 6.07) is 19.7. The highest BCUT2D eigenvalue weighted by atomic mass is 32.1. The number of benzene rings is 2. The van der Waals surface area contributed by atoms with Gasteiger partial charge >= 0.3 is 11.8 Å². The molecule has 0 aliphatic rings. The molecule has 1 aromatic heterocycles. The number of nitrogens with one attached hydrogen (secondary N) is 2. The number of carbonyl (C=O) groups is 3. The van der Waals surface area contributed by atoms with Gasteiger partial charge in [-0.15, -0.1) is 11.3 Å². The fourth-order valence-electron chi connectivity index (χ4n) is 2.49. The van der Waals surface area contributed by atoms with Crippen molar-refractivity contribution >= 4 is 34.6 Å². The van der Waals surface area contributed by atoms with E-state index in [0.717, 1.165) is 10.4 Å². The van der Waals surface area contributed by atoms with E-state index >= 15 is 0 Å². The first-order chi connectivity index (χ1) is 13.0. The zero-order chi connectivity index (χ0) is 19.2. The van der Waals surface area contributed by atoms with E-state index in [4.69, 9.17) is 0 Å². The average molecular weight is 378 g/mol. The Morgan fingerprint density at radius 3 is 2.41 bits per heavy atom. The molecule has 27 heavy (non-hydrogen) atoms. The van der Waals surface area contributed by atoms with E-state index < -0.39 is 11.8 Å². The fraction of sp³-hybridized carbons (Fsp3) is 0.0952. The summed E-state index contributed by atoms with van der Waals surface area (Å²) in [6.07, 6.45) is 0. The van der Waals surface area contributed by atoms with Gasteiger partial charge in [-0.1, -0.05) is 42.5 Å². The number of amides is 2. The van der Waals surface area contributed by atoms with Crippen LogP contribution in [0.1, 0.15) is 25.7 Å². The minimum atomic E-state index is -0.724. The van der Waals surface area contributed by atoms with Crippen molar-refractivity contribution in [2.75, 3.05) is 5.32 Å². The summed E-state index contributed by atoms with van der Waals surface area (Å²) in [5, 5.41) is 5.14. The Morgan fingerprint density at radius 2 is 1.67 bits per heavy atom. The molecule has 2 amide bonds. The van der Waals surface area contributed by atoms with Gasteiger partial charge in [-0.05, 0) is 36.8 Å². The predicted molar refractivity (Wildman–Crippen MR) is 106 cm³/mol. The van der Waals surface area contributed by atoms with Gasteiger partial charge in [-0.25, -0.2) is 0 Å². The van der Waals surface area contributed by atoms with E-state index in [1.54, 1.807) is 42.5 Å². The second-order valence-electron chi connectivity index (χ2n) is 5.97. The first-order valence-corrected chi connectivity index (χ1v) is 9.19. The number of hydrogen-bond acceptors (Lipinski definition) is 4. The Morgan fingerprint density at radius 1 is 0.889 bits per heavy atom. The summed E-state index contributed by atoms with van der Waals surface area (Å²) in [7, 11) is 0.